The van der Waals surface area contributed by atoms with Gasteiger partial charge in [-0.05, 0) is 19.3 Å². The van der Waals surface area contributed by atoms with Crippen LogP contribution in [0.15, 0.2) is 0 Å². The first-order valence-electron chi connectivity index (χ1n) is 7.43. The van der Waals surface area contributed by atoms with Crippen LogP contribution in [0.4, 0.5) is 0 Å². The maximum Gasteiger partial charge on any atom is 0.223 e. The number of nitrogens with one attached hydrogen (secondary N) is 1. The van der Waals surface area contributed by atoms with Crippen molar-refractivity contribution < 1.29 is 19.1 Å². The number of hydrogen-bond acceptors (Lipinski definition) is 4. The van der Waals surface area contributed by atoms with E-state index in [1.165, 1.54) is 0 Å². The average Bonchev–Trinajstić information content (AvgIpc) is 2.48. The zero-order valence-electron chi connectivity index (χ0n) is 12.1. The van der Waals surface area contributed by atoms with Crippen LogP contribution < -0.4 is 5.32 Å². The van der Waals surface area contributed by atoms with Crippen molar-refractivity contribution in [1.82, 2.24) is 10.2 Å². The molecule has 2 aliphatic heterocycles. The fraction of sp³-hybridized carbons (Fsp3) is 0.857. The van der Waals surface area contributed by atoms with Crippen molar-refractivity contribution in [3.63, 3.8) is 0 Å². The molecule has 0 bridgehead atoms. The van der Waals surface area contributed by atoms with Crippen molar-refractivity contribution in [2.75, 3.05) is 32.8 Å². The lowest BCUT2D eigenvalue weighted by atomic mass is 9.96. The summed E-state index contributed by atoms with van der Waals surface area (Å²) in [5.74, 6) is 0.207. The Kier molecular flexibility index (Phi) is 5.79. The second kappa shape index (κ2) is 7.59. The highest BCUT2D eigenvalue weighted by Crippen LogP contribution is 2.17. The number of carbonyl (C=O) groups is 2. The highest BCUT2D eigenvalue weighted by atomic mass is 16.7. The van der Waals surface area contributed by atoms with Crippen LogP contribution >= 0.6 is 0 Å². The predicted molar refractivity (Wildman–Crippen MR) is 72.9 cm³/mol. The van der Waals surface area contributed by atoms with Crippen LogP contribution in [0.2, 0.25) is 0 Å². The van der Waals surface area contributed by atoms with E-state index in [-0.39, 0.29) is 24.0 Å². The van der Waals surface area contributed by atoms with Gasteiger partial charge in [0.15, 0.2) is 6.29 Å². The zero-order valence-corrected chi connectivity index (χ0v) is 12.1. The van der Waals surface area contributed by atoms with Gasteiger partial charge in [-0.1, -0.05) is 0 Å². The third-order valence-corrected chi connectivity index (χ3v) is 3.89. The van der Waals surface area contributed by atoms with Crippen molar-refractivity contribution in [2.24, 2.45) is 5.92 Å². The normalized spacial score (nSPS) is 21.8. The number of ether oxygens (including phenoxy) is 2. The summed E-state index contributed by atoms with van der Waals surface area (Å²) >= 11 is 0. The van der Waals surface area contributed by atoms with E-state index in [0.29, 0.717) is 26.1 Å². The largest absolute Gasteiger partial charge is 0.356 e. The Morgan fingerprint density at radius 1 is 1.20 bits per heavy atom. The molecular weight excluding hydrogens is 260 g/mol. The number of hydrogen-bond donors (Lipinski definition) is 1. The van der Waals surface area contributed by atoms with Crippen LogP contribution in [0.5, 0.6) is 0 Å². The third-order valence-electron chi connectivity index (χ3n) is 3.89. The van der Waals surface area contributed by atoms with Crippen molar-refractivity contribution in [2.45, 2.75) is 38.9 Å². The molecule has 0 unspecified atom stereocenters. The van der Waals surface area contributed by atoms with Crippen LogP contribution in [0.25, 0.3) is 0 Å². The smallest absolute Gasteiger partial charge is 0.223 e. The lowest BCUT2D eigenvalue weighted by Crippen LogP contribution is -2.42. The van der Waals surface area contributed by atoms with Gasteiger partial charge in [0.05, 0.1) is 13.2 Å². The quantitative estimate of drug-likeness (QED) is 0.817. The van der Waals surface area contributed by atoms with Crippen molar-refractivity contribution in [3.8, 4) is 0 Å². The lowest BCUT2D eigenvalue weighted by molar-refractivity contribution is -0.180. The topological polar surface area (TPSA) is 67.9 Å². The second-order valence-corrected chi connectivity index (χ2v) is 5.38. The summed E-state index contributed by atoms with van der Waals surface area (Å²) in [5.41, 5.74) is 0. The van der Waals surface area contributed by atoms with E-state index in [1.54, 1.807) is 11.8 Å². The van der Waals surface area contributed by atoms with Crippen LogP contribution in [-0.4, -0.2) is 55.9 Å². The van der Waals surface area contributed by atoms with Gasteiger partial charge >= 0.3 is 0 Å². The Hall–Kier alpha value is -1.14. The predicted octanol–water partition coefficient (Wildman–Crippen LogP) is 0.514. The number of rotatable bonds is 4. The first kappa shape index (κ1) is 15.3. The number of likely N-dealkylation sites (tertiary alicyclic amines) is 1. The number of nitrogens with zero attached hydrogens (tertiary/aromatic N) is 1. The molecule has 0 aromatic heterocycles. The molecule has 2 fully saturated rings. The van der Waals surface area contributed by atoms with E-state index in [4.69, 9.17) is 9.47 Å². The van der Waals surface area contributed by atoms with Crippen molar-refractivity contribution in [1.29, 1.82) is 0 Å². The first-order chi connectivity index (χ1) is 9.66. The number of carbonyl (C=O) groups excluding carboxylic acids is 2. The highest BCUT2D eigenvalue weighted by Gasteiger charge is 2.26. The van der Waals surface area contributed by atoms with Gasteiger partial charge < -0.3 is 19.7 Å². The van der Waals surface area contributed by atoms with Crippen LogP contribution in [0.3, 0.4) is 0 Å². The van der Waals surface area contributed by atoms with Gasteiger partial charge in [0, 0.05) is 38.9 Å². The molecular formula is C14H24N2O4. The van der Waals surface area contributed by atoms with E-state index in [2.05, 4.69) is 5.32 Å². The summed E-state index contributed by atoms with van der Waals surface area (Å²) in [6.45, 7) is 5.00. The van der Waals surface area contributed by atoms with Gasteiger partial charge in [-0.15, -0.1) is 0 Å². The third kappa shape index (κ3) is 4.45. The zero-order chi connectivity index (χ0) is 14.4. The van der Waals surface area contributed by atoms with Gasteiger partial charge in [0.1, 0.15) is 0 Å². The Morgan fingerprint density at radius 2 is 1.85 bits per heavy atom. The fourth-order valence-electron chi connectivity index (χ4n) is 2.62. The maximum absolute atomic E-state index is 12.0. The lowest BCUT2D eigenvalue weighted by Gasteiger charge is -2.30. The summed E-state index contributed by atoms with van der Waals surface area (Å²) in [6.07, 6.45) is 2.96. The molecule has 2 saturated heterocycles. The van der Waals surface area contributed by atoms with Gasteiger partial charge in [-0.25, -0.2) is 0 Å². The van der Waals surface area contributed by atoms with Gasteiger partial charge in [0.2, 0.25) is 11.8 Å². The molecule has 0 aliphatic carbocycles. The summed E-state index contributed by atoms with van der Waals surface area (Å²) < 4.78 is 10.9. The monoisotopic (exact) mass is 284 g/mol. The molecule has 0 spiro atoms. The molecule has 2 aliphatic rings. The summed E-state index contributed by atoms with van der Waals surface area (Å²) in [6, 6.07) is 0. The molecule has 2 heterocycles. The molecule has 0 saturated carbocycles. The minimum absolute atomic E-state index is 0.0267. The minimum atomic E-state index is -0.177. The second-order valence-electron chi connectivity index (χ2n) is 5.38. The molecule has 2 amide bonds. The molecule has 0 aromatic carbocycles. The highest BCUT2D eigenvalue weighted by molar-refractivity contribution is 5.79. The molecule has 2 rings (SSSR count). The Bertz CT molecular complexity index is 334. The molecule has 20 heavy (non-hydrogen) atoms. The summed E-state index contributed by atoms with van der Waals surface area (Å²) in [4.78, 5) is 25.0. The van der Waals surface area contributed by atoms with Crippen LogP contribution in [-0.2, 0) is 19.1 Å². The average molecular weight is 284 g/mol. The Labute approximate surface area is 119 Å². The molecule has 6 nitrogen and oxygen atoms in total. The molecule has 0 atom stereocenters. The van der Waals surface area contributed by atoms with Gasteiger partial charge in [-0.3, -0.25) is 9.59 Å². The minimum Gasteiger partial charge on any atom is -0.356 e. The maximum atomic E-state index is 12.0. The molecule has 0 radical (unpaired) electrons. The van der Waals surface area contributed by atoms with Crippen molar-refractivity contribution in [3.05, 3.63) is 0 Å². The van der Waals surface area contributed by atoms with Crippen LogP contribution in [0.1, 0.15) is 32.6 Å². The molecule has 114 valence electrons. The molecule has 6 heteroatoms. The standard InChI is InChI=1S/C14H24N2O4/c1-11(17)16-7-4-12(5-8-16)14(18)15-6-3-13-19-9-2-10-20-13/h12-13H,2-10H2,1H3,(H,15,18). The summed E-state index contributed by atoms with van der Waals surface area (Å²) in [5, 5.41) is 2.94. The van der Waals surface area contributed by atoms with E-state index in [9.17, 15) is 9.59 Å². The van der Waals surface area contributed by atoms with Crippen LogP contribution in [0, 0.1) is 5.92 Å². The number of amides is 2. The van der Waals surface area contributed by atoms with E-state index < -0.39 is 0 Å². The first-order valence-corrected chi connectivity index (χ1v) is 7.43. The van der Waals surface area contributed by atoms with Gasteiger partial charge in [0.25, 0.3) is 0 Å². The fourth-order valence-corrected chi connectivity index (χ4v) is 2.62. The van der Waals surface area contributed by atoms with Crippen molar-refractivity contribution >= 4 is 11.8 Å². The molecule has 1 N–H and O–H groups in total. The molecule has 0 aromatic rings. The Balaban J connectivity index is 1.61. The SMILES string of the molecule is CC(=O)N1CCC(C(=O)NCCC2OCCCO2)CC1. The van der Waals surface area contributed by atoms with Gasteiger partial charge in [-0.2, -0.15) is 0 Å². The summed E-state index contributed by atoms with van der Waals surface area (Å²) in [7, 11) is 0. The van der Waals surface area contributed by atoms with E-state index >= 15 is 0 Å². The Morgan fingerprint density at radius 3 is 2.45 bits per heavy atom. The van der Waals surface area contributed by atoms with E-state index in [1.807, 2.05) is 0 Å². The van der Waals surface area contributed by atoms with E-state index in [0.717, 1.165) is 32.5 Å². The number of piperidine rings is 1.